The Hall–Kier alpha value is -1.97. The van der Waals surface area contributed by atoms with Gasteiger partial charge in [0.15, 0.2) is 0 Å². The van der Waals surface area contributed by atoms with Gasteiger partial charge in [-0.1, -0.05) is 13.8 Å². The van der Waals surface area contributed by atoms with Crippen molar-refractivity contribution in [2.75, 3.05) is 11.3 Å². The summed E-state index contributed by atoms with van der Waals surface area (Å²) >= 11 is 0. The van der Waals surface area contributed by atoms with Crippen LogP contribution in [0.2, 0.25) is 0 Å². The van der Waals surface area contributed by atoms with Crippen LogP contribution in [0.4, 0.5) is 5.69 Å². The highest BCUT2D eigenvalue weighted by molar-refractivity contribution is 7.92. The molecule has 0 radical (unpaired) electrons. The Bertz CT molecular complexity index is 878. The van der Waals surface area contributed by atoms with Crippen molar-refractivity contribution in [3.8, 4) is 0 Å². The Morgan fingerprint density at radius 1 is 0.958 bits per heavy atom. The maximum atomic E-state index is 12.3. The number of hydrogen-bond donors (Lipinski definition) is 2. The van der Waals surface area contributed by atoms with Crippen LogP contribution in [-0.2, 0) is 20.0 Å². The topological polar surface area (TPSA) is 105 Å². The van der Waals surface area contributed by atoms with Gasteiger partial charge in [-0.05, 0) is 42.3 Å². The molecule has 1 aromatic heterocycles. The van der Waals surface area contributed by atoms with Gasteiger partial charge in [0.05, 0.1) is 21.7 Å². The van der Waals surface area contributed by atoms with Crippen LogP contribution >= 0.6 is 0 Å². The number of nitrogens with one attached hydrogen (secondary N) is 2. The molecule has 1 aromatic carbocycles. The predicted molar refractivity (Wildman–Crippen MR) is 91.5 cm³/mol. The first-order valence-electron chi connectivity index (χ1n) is 7.23. The third-order valence-electron chi connectivity index (χ3n) is 3.04. The van der Waals surface area contributed by atoms with E-state index in [2.05, 4.69) is 14.4 Å². The summed E-state index contributed by atoms with van der Waals surface area (Å²) in [6.45, 7) is 4.09. The molecule has 1 heterocycles. The molecule has 0 saturated carbocycles. The van der Waals surface area contributed by atoms with E-state index in [1.165, 1.54) is 36.7 Å². The lowest BCUT2D eigenvalue weighted by atomic mass is 10.2. The fourth-order valence-corrected chi connectivity index (χ4v) is 4.05. The Kier molecular flexibility index (Phi) is 5.58. The third kappa shape index (κ3) is 4.76. The molecule has 0 aliphatic rings. The second-order valence-corrected chi connectivity index (χ2v) is 9.01. The van der Waals surface area contributed by atoms with E-state index in [0.717, 1.165) is 0 Å². The summed E-state index contributed by atoms with van der Waals surface area (Å²) in [6, 6.07) is 8.21. The maximum Gasteiger partial charge on any atom is 0.261 e. The largest absolute Gasteiger partial charge is 0.278 e. The average Bonchev–Trinajstić information content (AvgIpc) is 2.54. The molecule has 24 heavy (non-hydrogen) atoms. The van der Waals surface area contributed by atoms with Gasteiger partial charge in [-0.25, -0.2) is 21.6 Å². The molecular formula is C15H19N3O4S2. The highest BCUT2D eigenvalue weighted by Gasteiger charge is 2.18. The first-order valence-corrected chi connectivity index (χ1v) is 10.2. The van der Waals surface area contributed by atoms with Gasteiger partial charge in [-0.3, -0.25) is 9.71 Å². The lowest BCUT2D eigenvalue weighted by molar-refractivity contribution is 0.560. The third-order valence-corrected chi connectivity index (χ3v) is 5.88. The van der Waals surface area contributed by atoms with Crippen LogP contribution in [-0.4, -0.2) is 28.4 Å². The normalized spacial score (nSPS) is 12.3. The molecule has 0 fully saturated rings. The number of pyridine rings is 1. The van der Waals surface area contributed by atoms with E-state index >= 15 is 0 Å². The molecule has 0 spiro atoms. The minimum Gasteiger partial charge on any atom is -0.278 e. The lowest BCUT2D eigenvalue weighted by Crippen LogP contribution is -2.27. The monoisotopic (exact) mass is 369 g/mol. The molecule has 0 aliphatic carbocycles. The van der Waals surface area contributed by atoms with E-state index < -0.39 is 20.0 Å². The van der Waals surface area contributed by atoms with E-state index in [9.17, 15) is 16.8 Å². The molecule has 130 valence electrons. The summed E-state index contributed by atoms with van der Waals surface area (Å²) in [5.74, 6) is 0.170. The number of nitrogens with zero attached hydrogens (tertiary/aromatic N) is 1. The quantitative estimate of drug-likeness (QED) is 0.774. The van der Waals surface area contributed by atoms with E-state index in [1.54, 1.807) is 12.1 Å². The number of aromatic nitrogens is 1. The lowest BCUT2D eigenvalue weighted by Gasteiger charge is -2.10. The summed E-state index contributed by atoms with van der Waals surface area (Å²) < 4.78 is 53.6. The number of benzene rings is 1. The first kappa shape index (κ1) is 18.4. The fraction of sp³-hybridized carbons (Fsp3) is 0.267. The number of sulfonamides is 2. The summed E-state index contributed by atoms with van der Waals surface area (Å²) in [5, 5.41) is 0. The molecule has 0 bridgehead atoms. The zero-order valence-corrected chi connectivity index (χ0v) is 14.9. The highest BCUT2D eigenvalue weighted by atomic mass is 32.2. The van der Waals surface area contributed by atoms with Gasteiger partial charge in [0, 0.05) is 12.7 Å². The van der Waals surface area contributed by atoms with Crippen LogP contribution < -0.4 is 9.44 Å². The molecule has 0 unspecified atom stereocenters. The minimum absolute atomic E-state index is 0.0171. The van der Waals surface area contributed by atoms with E-state index in [-0.39, 0.29) is 15.7 Å². The van der Waals surface area contributed by atoms with Crippen molar-refractivity contribution in [2.24, 2.45) is 5.92 Å². The molecule has 0 atom stereocenters. The molecule has 9 heteroatoms. The van der Waals surface area contributed by atoms with E-state index in [4.69, 9.17) is 0 Å². The molecule has 2 aromatic rings. The van der Waals surface area contributed by atoms with E-state index in [0.29, 0.717) is 12.2 Å². The smallest absolute Gasteiger partial charge is 0.261 e. The summed E-state index contributed by atoms with van der Waals surface area (Å²) in [4.78, 5) is 3.81. The number of anilines is 1. The van der Waals surface area contributed by atoms with Crippen molar-refractivity contribution < 1.29 is 16.8 Å². The predicted octanol–water partition coefficient (Wildman–Crippen LogP) is 1.82. The zero-order valence-electron chi connectivity index (χ0n) is 13.3. The molecule has 0 aliphatic heterocycles. The second-order valence-electron chi connectivity index (χ2n) is 5.56. The number of hydrogen-bond acceptors (Lipinski definition) is 5. The second kappa shape index (κ2) is 7.29. The minimum atomic E-state index is -3.81. The Balaban J connectivity index is 2.19. The van der Waals surface area contributed by atoms with E-state index in [1.807, 2.05) is 13.8 Å². The van der Waals surface area contributed by atoms with Crippen LogP contribution in [0.1, 0.15) is 13.8 Å². The fourth-order valence-electron chi connectivity index (χ4n) is 1.79. The zero-order chi connectivity index (χ0) is 17.8. The van der Waals surface area contributed by atoms with Gasteiger partial charge < -0.3 is 0 Å². The number of rotatable bonds is 7. The van der Waals surface area contributed by atoms with Crippen LogP contribution in [0.25, 0.3) is 0 Å². The van der Waals surface area contributed by atoms with Crippen molar-refractivity contribution in [3.05, 3.63) is 48.8 Å². The highest BCUT2D eigenvalue weighted by Crippen LogP contribution is 2.17. The maximum absolute atomic E-state index is 12.3. The van der Waals surface area contributed by atoms with Gasteiger partial charge >= 0.3 is 0 Å². The van der Waals surface area contributed by atoms with Crippen molar-refractivity contribution in [1.29, 1.82) is 0 Å². The molecule has 7 nitrogen and oxygen atoms in total. The van der Waals surface area contributed by atoms with Crippen molar-refractivity contribution in [1.82, 2.24) is 9.71 Å². The molecule has 0 saturated heterocycles. The summed E-state index contributed by atoms with van der Waals surface area (Å²) in [6.07, 6.45) is 2.91. The molecule has 2 N–H and O–H groups in total. The van der Waals surface area contributed by atoms with Crippen LogP contribution in [0.5, 0.6) is 0 Å². The summed E-state index contributed by atoms with van der Waals surface area (Å²) in [5.41, 5.74) is 0.327. The Morgan fingerprint density at radius 3 is 2.04 bits per heavy atom. The van der Waals surface area contributed by atoms with Crippen LogP contribution in [0, 0.1) is 5.92 Å². The van der Waals surface area contributed by atoms with Gasteiger partial charge in [0.1, 0.15) is 0 Å². The summed E-state index contributed by atoms with van der Waals surface area (Å²) in [7, 11) is -7.46. The van der Waals surface area contributed by atoms with Crippen LogP contribution in [0.15, 0.2) is 58.6 Å². The average molecular weight is 369 g/mol. The Labute approximate surface area is 142 Å². The van der Waals surface area contributed by atoms with Gasteiger partial charge in [-0.15, -0.1) is 0 Å². The first-order chi connectivity index (χ1) is 11.2. The SMILES string of the molecule is CC(C)CNS(=O)(=O)c1ccc(S(=O)(=O)Nc2cccnc2)cc1. The van der Waals surface area contributed by atoms with Crippen molar-refractivity contribution >= 4 is 25.7 Å². The molecular weight excluding hydrogens is 350 g/mol. The van der Waals surface area contributed by atoms with Crippen molar-refractivity contribution in [2.45, 2.75) is 23.6 Å². The molecule has 2 rings (SSSR count). The Morgan fingerprint density at radius 2 is 1.54 bits per heavy atom. The molecule has 0 amide bonds. The van der Waals surface area contributed by atoms with Crippen molar-refractivity contribution in [3.63, 3.8) is 0 Å². The van der Waals surface area contributed by atoms with Crippen LogP contribution in [0.3, 0.4) is 0 Å². The van der Waals surface area contributed by atoms with Gasteiger partial charge in [0.2, 0.25) is 10.0 Å². The van der Waals surface area contributed by atoms with Gasteiger partial charge in [0.25, 0.3) is 10.0 Å². The van der Waals surface area contributed by atoms with Gasteiger partial charge in [-0.2, -0.15) is 0 Å². The standard InChI is InChI=1S/C15H19N3O4S2/c1-12(2)10-17-23(19,20)14-5-7-15(8-6-14)24(21,22)18-13-4-3-9-16-11-13/h3-9,11-12,17-18H,10H2,1-2H3.